The summed E-state index contributed by atoms with van der Waals surface area (Å²) in [5.41, 5.74) is 1.29. The summed E-state index contributed by atoms with van der Waals surface area (Å²) >= 11 is 0. The summed E-state index contributed by atoms with van der Waals surface area (Å²) in [6.07, 6.45) is 2.07. The molecule has 0 amide bonds. The molecule has 0 aliphatic rings. The van der Waals surface area contributed by atoms with Gasteiger partial charge in [0.25, 0.3) is 0 Å². The third-order valence-electron chi connectivity index (χ3n) is 1.79. The van der Waals surface area contributed by atoms with Crippen molar-refractivity contribution in [3.63, 3.8) is 0 Å². The van der Waals surface area contributed by atoms with Gasteiger partial charge in [-0.15, -0.1) is 12.4 Å². The van der Waals surface area contributed by atoms with Gasteiger partial charge < -0.3 is 4.57 Å². The molecule has 0 spiro atoms. The molecule has 0 saturated carbocycles. The van der Waals surface area contributed by atoms with Crippen molar-refractivity contribution in [2.24, 2.45) is 7.05 Å². The quantitative estimate of drug-likeness (QED) is 0.569. The highest BCUT2D eigenvalue weighted by Crippen LogP contribution is 2.12. The molecular weight excluding hydrogens is 158 g/mol. The van der Waals surface area contributed by atoms with E-state index in [4.69, 9.17) is 0 Å². The number of nitrogens with zero attached hydrogens (tertiary/aromatic N) is 1. The molecule has 1 aromatic carbocycles. The zero-order chi connectivity index (χ0) is 6.97. The Kier molecular flexibility index (Phi) is 2.20. The topological polar surface area (TPSA) is 4.93 Å². The molecule has 0 aliphatic heterocycles. The molecule has 0 unspecified atom stereocenters. The van der Waals surface area contributed by atoms with Crippen LogP contribution in [0.5, 0.6) is 0 Å². The van der Waals surface area contributed by atoms with Crippen LogP contribution in [-0.4, -0.2) is 4.57 Å². The number of para-hydroxylation sites is 1. The Morgan fingerprint density at radius 2 is 1.82 bits per heavy atom. The van der Waals surface area contributed by atoms with Crippen LogP contribution < -0.4 is 0 Å². The molecule has 0 aliphatic carbocycles. The number of hydrogen-bond donors (Lipinski definition) is 0. The van der Waals surface area contributed by atoms with E-state index in [9.17, 15) is 0 Å². The zero-order valence-electron chi connectivity index (χ0n) is 6.32. The fourth-order valence-electron chi connectivity index (χ4n) is 1.22. The zero-order valence-corrected chi connectivity index (χ0v) is 7.14. The van der Waals surface area contributed by atoms with E-state index in [1.807, 2.05) is 0 Å². The van der Waals surface area contributed by atoms with Crippen LogP contribution in [-0.2, 0) is 7.05 Å². The Morgan fingerprint density at radius 1 is 1.09 bits per heavy atom. The lowest BCUT2D eigenvalue weighted by Crippen LogP contribution is -1.81. The van der Waals surface area contributed by atoms with Crippen molar-refractivity contribution in [2.45, 2.75) is 0 Å². The van der Waals surface area contributed by atoms with Crippen LogP contribution in [0.2, 0.25) is 0 Å². The first-order valence-electron chi connectivity index (χ1n) is 3.38. The van der Waals surface area contributed by atoms with Crippen LogP contribution in [0.15, 0.2) is 36.5 Å². The monoisotopic (exact) mass is 167 g/mol. The van der Waals surface area contributed by atoms with Crippen LogP contribution in [0.3, 0.4) is 0 Å². The first kappa shape index (κ1) is 8.15. The number of aryl methyl sites for hydroxylation is 1. The van der Waals surface area contributed by atoms with Crippen LogP contribution in [0, 0.1) is 0 Å². The van der Waals surface area contributed by atoms with Gasteiger partial charge in [-0.05, 0) is 17.5 Å². The predicted octanol–water partition coefficient (Wildman–Crippen LogP) is 2.60. The van der Waals surface area contributed by atoms with Gasteiger partial charge >= 0.3 is 0 Å². The second kappa shape index (κ2) is 2.97. The minimum absolute atomic E-state index is 0. The summed E-state index contributed by atoms with van der Waals surface area (Å²) in [5.74, 6) is 0. The van der Waals surface area contributed by atoms with Crippen molar-refractivity contribution in [1.82, 2.24) is 4.57 Å². The van der Waals surface area contributed by atoms with E-state index >= 15 is 0 Å². The number of aromatic nitrogens is 1. The van der Waals surface area contributed by atoms with Crippen molar-refractivity contribution in [3.8, 4) is 0 Å². The summed E-state index contributed by atoms with van der Waals surface area (Å²) in [5, 5.41) is 1.31. The van der Waals surface area contributed by atoms with Gasteiger partial charge in [-0.2, -0.15) is 0 Å². The van der Waals surface area contributed by atoms with E-state index in [0.29, 0.717) is 0 Å². The summed E-state index contributed by atoms with van der Waals surface area (Å²) in [4.78, 5) is 0. The Labute approximate surface area is 72.1 Å². The van der Waals surface area contributed by atoms with Crippen molar-refractivity contribution >= 4 is 23.3 Å². The lowest BCUT2D eigenvalue weighted by Gasteiger charge is -1.92. The summed E-state index contributed by atoms with van der Waals surface area (Å²) in [6.45, 7) is 0. The molecule has 0 saturated heterocycles. The molecule has 2 heteroatoms. The number of halogens is 1. The van der Waals surface area contributed by atoms with Gasteiger partial charge in [0, 0.05) is 18.8 Å². The van der Waals surface area contributed by atoms with E-state index in [2.05, 4.69) is 48.1 Å². The molecular formula is C9H10ClN. The van der Waals surface area contributed by atoms with E-state index in [0.717, 1.165) is 0 Å². The maximum absolute atomic E-state index is 2.12. The molecule has 1 heterocycles. The Hall–Kier alpha value is -0.950. The molecule has 0 fully saturated rings. The van der Waals surface area contributed by atoms with Gasteiger partial charge in [0.15, 0.2) is 0 Å². The molecule has 2 aromatic rings. The average molecular weight is 168 g/mol. The van der Waals surface area contributed by atoms with Gasteiger partial charge in [0.1, 0.15) is 0 Å². The second-order valence-electron chi connectivity index (χ2n) is 2.49. The SMILES string of the molecule is Cl.Cn1ccc2ccccc21. The van der Waals surface area contributed by atoms with Crippen molar-refractivity contribution in [3.05, 3.63) is 36.5 Å². The van der Waals surface area contributed by atoms with Gasteiger partial charge in [0.2, 0.25) is 0 Å². The maximum Gasteiger partial charge on any atom is 0.0477 e. The van der Waals surface area contributed by atoms with Gasteiger partial charge in [-0.25, -0.2) is 0 Å². The molecule has 1 aromatic heterocycles. The molecule has 0 atom stereocenters. The lowest BCUT2D eigenvalue weighted by molar-refractivity contribution is 0.969. The first-order chi connectivity index (χ1) is 4.88. The standard InChI is InChI=1S/C9H9N.ClH/c1-10-7-6-8-4-2-3-5-9(8)10;/h2-7H,1H3;1H. The largest absolute Gasteiger partial charge is 0.351 e. The Balaban J connectivity index is 0.000000605. The summed E-state index contributed by atoms with van der Waals surface area (Å²) in [6, 6.07) is 10.5. The average Bonchev–Trinajstić information content (AvgIpc) is 2.34. The molecule has 0 bridgehead atoms. The maximum atomic E-state index is 2.12. The lowest BCUT2D eigenvalue weighted by atomic mass is 10.2. The first-order valence-corrected chi connectivity index (χ1v) is 3.38. The van der Waals surface area contributed by atoms with Crippen LogP contribution in [0.4, 0.5) is 0 Å². The van der Waals surface area contributed by atoms with E-state index in [1.165, 1.54) is 10.9 Å². The Bertz CT molecular complexity index is 351. The third kappa shape index (κ3) is 1.24. The molecule has 0 N–H and O–H groups in total. The predicted molar refractivity (Wildman–Crippen MR) is 50.2 cm³/mol. The summed E-state index contributed by atoms with van der Waals surface area (Å²) in [7, 11) is 2.06. The highest BCUT2D eigenvalue weighted by Gasteiger charge is 1.92. The molecule has 2 rings (SSSR count). The molecule has 58 valence electrons. The van der Waals surface area contributed by atoms with E-state index in [-0.39, 0.29) is 12.4 Å². The molecule has 1 nitrogen and oxygen atoms in total. The van der Waals surface area contributed by atoms with Crippen molar-refractivity contribution in [2.75, 3.05) is 0 Å². The molecule has 0 radical (unpaired) electrons. The van der Waals surface area contributed by atoms with Crippen molar-refractivity contribution in [1.29, 1.82) is 0 Å². The number of fused-ring (bicyclic) bond motifs is 1. The van der Waals surface area contributed by atoms with Crippen LogP contribution in [0.1, 0.15) is 0 Å². The second-order valence-corrected chi connectivity index (χ2v) is 2.49. The van der Waals surface area contributed by atoms with Gasteiger partial charge in [0.05, 0.1) is 0 Å². The van der Waals surface area contributed by atoms with E-state index in [1.54, 1.807) is 0 Å². The summed E-state index contributed by atoms with van der Waals surface area (Å²) < 4.78 is 2.12. The van der Waals surface area contributed by atoms with E-state index < -0.39 is 0 Å². The van der Waals surface area contributed by atoms with Crippen LogP contribution >= 0.6 is 12.4 Å². The number of hydrogen-bond acceptors (Lipinski definition) is 0. The highest BCUT2D eigenvalue weighted by atomic mass is 35.5. The van der Waals surface area contributed by atoms with Gasteiger partial charge in [-0.3, -0.25) is 0 Å². The fraction of sp³-hybridized carbons (Fsp3) is 0.111. The minimum Gasteiger partial charge on any atom is -0.351 e. The van der Waals surface area contributed by atoms with Crippen molar-refractivity contribution < 1.29 is 0 Å². The van der Waals surface area contributed by atoms with Gasteiger partial charge in [-0.1, -0.05) is 18.2 Å². The van der Waals surface area contributed by atoms with Crippen LogP contribution in [0.25, 0.3) is 10.9 Å². The highest BCUT2D eigenvalue weighted by molar-refractivity contribution is 5.85. The number of benzene rings is 1. The normalized spacial score (nSPS) is 9.55. The Morgan fingerprint density at radius 3 is 2.55 bits per heavy atom. The third-order valence-corrected chi connectivity index (χ3v) is 1.79. The smallest absolute Gasteiger partial charge is 0.0477 e. The molecule has 11 heavy (non-hydrogen) atoms. The minimum atomic E-state index is 0. The number of rotatable bonds is 0. The fourth-order valence-corrected chi connectivity index (χ4v) is 1.22.